The van der Waals surface area contributed by atoms with Crippen molar-refractivity contribution in [1.82, 2.24) is 9.97 Å². The number of hydrogen-bond donors (Lipinski definition) is 3. The third-order valence-corrected chi connectivity index (χ3v) is 4.68. The second-order valence-corrected chi connectivity index (χ2v) is 6.71. The molecule has 4 aromatic rings. The van der Waals surface area contributed by atoms with Crippen molar-refractivity contribution in [2.45, 2.75) is 13.0 Å². The van der Waals surface area contributed by atoms with Crippen molar-refractivity contribution in [2.75, 3.05) is 24.3 Å². The first kappa shape index (κ1) is 18.1. The molecule has 0 aliphatic rings. The first-order valence-electron chi connectivity index (χ1n) is 9.41. The average Bonchev–Trinajstić information content (AvgIpc) is 3.13. The van der Waals surface area contributed by atoms with Gasteiger partial charge in [-0.3, -0.25) is 4.98 Å². The first-order valence-corrected chi connectivity index (χ1v) is 9.41. The molecule has 5 nitrogen and oxygen atoms in total. The van der Waals surface area contributed by atoms with Gasteiger partial charge in [0.2, 0.25) is 0 Å². The van der Waals surface area contributed by atoms with E-state index in [4.69, 9.17) is 4.74 Å². The second-order valence-electron chi connectivity index (χ2n) is 6.71. The molecule has 0 unspecified atom stereocenters. The zero-order valence-corrected chi connectivity index (χ0v) is 15.9. The number of ether oxygens (including phenoxy) is 1. The van der Waals surface area contributed by atoms with E-state index in [1.807, 2.05) is 12.1 Å². The normalized spacial score (nSPS) is 10.9. The minimum absolute atomic E-state index is 0.509. The molecule has 142 valence electrons. The van der Waals surface area contributed by atoms with Crippen LogP contribution in [0.15, 0.2) is 73.1 Å². The fourth-order valence-electron chi connectivity index (χ4n) is 3.30. The van der Waals surface area contributed by atoms with Crippen molar-refractivity contribution in [1.29, 1.82) is 0 Å². The molecule has 5 heteroatoms. The maximum atomic E-state index is 5.14. The monoisotopic (exact) mass is 372 g/mol. The predicted octanol–water partition coefficient (Wildman–Crippen LogP) is 5.11. The zero-order valence-electron chi connectivity index (χ0n) is 15.9. The maximum absolute atomic E-state index is 5.14. The van der Waals surface area contributed by atoms with Crippen molar-refractivity contribution in [3.8, 4) is 0 Å². The van der Waals surface area contributed by atoms with E-state index in [1.54, 1.807) is 13.3 Å². The summed E-state index contributed by atoms with van der Waals surface area (Å²) in [5, 5.41) is 8.20. The first-order chi connectivity index (χ1) is 13.8. The topological polar surface area (TPSA) is 62.0 Å². The van der Waals surface area contributed by atoms with E-state index < -0.39 is 0 Å². The highest BCUT2D eigenvalue weighted by Crippen LogP contribution is 2.21. The van der Waals surface area contributed by atoms with Crippen LogP contribution >= 0.6 is 0 Å². The van der Waals surface area contributed by atoms with Crippen LogP contribution in [0, 0.1) is 0 Å². The Labute approximate surface area is 164 Å². The van der Waals surface area contributed by atoms with Crippen LogP contribution in [0.4, 0.5) is 17.1 Å². The fourth-order valence-corrected chi connectivity index (χ4v) is 3.30. The van der Waals surface area contributed by atoms with Crippen LogP contribution < -0.4 is 10.6 Å². The van der Waals surface area contributed by atoms with Crippen LogP contribution in [-0.2, 0) is 17.8 Å². The fraction of sp³-hybridized carbons (Fsp3) is 0.174. The zero-order chi connectivity index (χ0) is 19.2. The average molecular weight is 372 g/mol. The molecule has 2 aromatic heterocycles. The minimum atomic E-state index is 0.509. The molecule has 0 saturated heterocycles. The van der Waals surface area contributed by atoms with Crippen LogP contribution in [0.5, 0.6) is 0 Å². The van der Waals surface area contributed by atoms with E-state index in [0.717, 1.165) is 35.7 Å². The molecule has 0 fully saturated rings. The minimum Gasteiger partial charge on any atom is -0.385 e. The summed E-state index contributed by atoms with van der Waals surface area (Å²) in [6.45, 7) is 1.40. The summed E-state index contributed by atoms with van der Waals surface area (Å²) in [4.78, 5) is 7.61. The molecular formula is C23H24N4O. The Balaban J connectivity index is 1.32. The summed E-state index contributed by atoms with van der Waals surface area (Å²) >= 11 is 0. The number of H-pyrrole nitrogens is 1. The molecule has 2 aromatic carbocycles. The molecule has 0 atom stereocenters. The number of pyridine rings is 1. The third-order valence-electron chi connectivity index (χ3n) is 4.68. The summed E-state index contributed by atoms with van der Waals surface area (Å²) in [5.74, 6) is 0. The van der Waals surface area contributed by atoms with Crippen LogP contribution in [0.3, 0.4) is 0 Å². The van der Waals surface area contributed by atoms with E-state index in [2.05, 4.69) is 75.3 Å². The van der Waals surface area contributed by atoms with Gasteiger partial charge in [0.25, 0.3) is 0 Å². The molecule has 0 radical (unpaired) electrons. The molecule has 0 saturated carbocycles. The number of methoxy groups -OCH3 is 1. The number of fused-ring (bicyclic) bond motifs is 1. The molecule has 28 heavy (non-hydrogen) atoms. The van der Waals surface area contributed by atoms with Crippen molar-refractivity contribution in [3.63, 3.8) is 0 Å². The highest BCUT2D eigenvalue weighted by atomic mass is 16.5. The van der Waals surface area contributed by atoms with E-state index in [9.17, 15) is 0 Å². The molecule has 0 spiro atoms. The highest BCUT2D eigenvalue weighted by Gasteiger charge is 2.03. The number of hydrogen-bond acceptors (Lipinski definition) is 4. The molecule has 0 bridgehead atoms. The van der Waals surface area contributed by atoms with Gasteiger partial charge in [-0.15, -0.1) is 0 Å². The predicted molar refractivity (Wildman–Crippen MR) is 115 cm³/mol. The number of rotatable bonds is 8. The van der Waals surface area contributed by atoms with Gasteiger partial charge in [-0.2, -0.15) is 0 Å². The summed E-state index contributed by atoms with van der Waals surface area (Å²) in [5.41, 5.74) is 6.59. The Morgan fingerprint density at radius 2 is 1.79 bits per heavy atom. The third kappa shape index (κ3) is 4.32. The number of para-hydroxylation sites is 1. The number of anilines is 3. The quantitative estimate of drug-likeness (QED) is 0.402. The van der Waals surface area contributed by atoms with Gasteiger partial charge >= 0.3 is 0 Å². The lowest BCUT2D eigenvalue weighted by molar-refractivity contribution is 0.181. The van der Waals surface area contributed by atoms with Gasteiger partial charge in [0.1, 0.15) is 0 Å². The Hall–Kier alpha value is -3.31. The Morgan fingerprint density at radius 3 is 2.64 bits per heavy atom. The lowest BCUT2D eigenvalue weighted by Crippen LogP contribution is -2.04. The van der Waals surface area contributed by atoms with Gasteiger partial charge in [-0.05, 0) is 54.4 Å². The van der Waals surface area contributed by atoms with Crippen molar-refractivity contribution >= 4 is 28.0 Å². The van der Waals surface area contributed by atoms with Crippen molar-refractivity contribution < 1.29 is 4.74 Å². The number of aromatic amines is 1. The Bertz CT molecular complexity index is 1040. The van der Waals surface area contributed by atoms with Crippen molar-refractivity contribution in [3.05, 3.63) is 84.3 Å². The Morgan fingerprint density at radius 1 is 0.964 bits per heavy atom. The molecule has 4 rings (SSSR count). The SMILES string of the molecule is COCc1cc(Nc2ccc(NCCc3c[nH]c4ccccc34)cc2)ccn1. The van der Waals surface area contributed by atoms with Gasteiger partial charge in [0, 0.05) is 54.0 Å². The summed E-state index contributed by atoms with van der Waals surface area (Å²) in [7, 11) is 1.67. The van der Waals surface area contributed by atoms with Gasteiger partial charge in [0.15, 0.2) is 0 Å². The van der Waals surface area contributed by atoms with Crippen LogP contribution in [0.2, 0.25) is 0 Å². The number of aromatic nitrogens is 2. The van der Waals surface area contributed by atoms with Crippen LogP contribution in [0.25, 0.3) is 10.9 Å². The second kappa shape index (κ2) is 8.59. The van der Waals surface area contributed by atoms with E-state index >= 15 is 0 Å². The molecule has 0 aliphatic heterocycles. The highest BCUT2D eigenvalue weighted by molar-refractivity contribution is 5.83. The van der Waals surface area contributed by atoms with Crippen molar-refractivity contribution in [2.24, 2.45) is 0 Å². The maximum Gasteiger partial charge on any atom is 0.0884 e. The van der Waals surface area contributed by atoms with Crippen LogP contribution in [-0.4, -0.2) is 23.6 Å². The lowest BCUT2D eigenvalue weighted by Gasteiger charge is -2.10. The molecular weight excluding hydrogens is 348 g/mol. The summed E-state index contributed by atoms with van der Waals surface area (Å²) in [6.07, 6.45) is 4.87. The molecule has 2 heterocycles. The van der Waals surface area contributed by atoms with Gasteiger partial charge in [-0.25, -0.2) is 0 Å². The molecule has 3 N–H and O–H groups in total. The van der Waals surface area contributed by atoms with E-state index in [-0.39, 0.29) is 0 Å². The van der Waals surface area contributed by atoms with Gasteiger partial charge in [0.05, 0.1) is 12.3 Å². The van der Waals surface area contributed by atoms with E-state index in [0.29, 0.717) is 6.61 Å². The lowest BCUT2D eigenvalue weighted by atomic mass is 10.1. The Kier molecular flexibility index (Phi) is 5.54. The van der Waals surface area contributed by atoms with Gasteiger partial charge in [-0.1, -0.05) is 18.2 Å². The van der Waals surface area contributed by atoms with Gasteiger partial charge < -0.3 is 20.4 Å². The molecule has 0 amide bonds. The largest absolute Gasteiger partial charge is 0.385 e. The number of nitrogens with one attached hydrogen (secondary N) is 3. The number of nitrogens with zero attached hydrogens (tertiary/aromatic N) is 1. The summed E-state index contributed by atoms with van der Waals surface area (Å²) < 4.78 is 5.14. The standard InChI is InChI=1S/C23H24N4O/c1-28-16-21-14-20(11-13-25-21)27-19-8-6-18(7-9-19)24-12-10-17-15-26-23-5-3-2-4-22(17)23/h2-9,11,13-15,24,26H,10,12,16H2,1H3,(H,25,27). The van der Waals surface area contributed by atoms with Crippen LogP contribution in [0.1, 0.15) is 11.3 Å². The molecule has 0 aliphatic carbocycles. The smallest absolute Gasteiger partial charge is 0.0884 e. The number of benzene rings is 2. The van der Waals surface area contributed by atoms with E-state index in [1.165, 1.54) is 16.5 Å². The summed E-state index contributed by atoms with van der Waals surface area (Å²) in [6, 6.07) is 20.7.